The molecule has 1 saturated heterocycles. The Labute approximate surface area is 390 Å². The summed E-state index contributed by atoms with van der Waals surface area (Å²) in [6.45, 7) is 2.15. The van der Waals surface area contributed by atoms with Crippen LogP contribution in [0.3, 0.4) is 0 Å². The highest BCUT2D eigenvalue weighted by Gasteiger charge is 2.48. The summed E-state index contributed by atoms with van der Waals surface area (Å²) < 4.78 is 16.4. The number of carbonyl (C=O) groups is 7. The monoisotopic (exact) mass is 936 g/mol. The third-order valence-corrected chi connectivity index (χ3v) is 11.7. The fraction of sp³-hybridized carbons (Fsp3) is 0.375. The SMILES string of the molecule is Cc1ccc2c(c1)N=C[C@@H]1CC(c3ccc(CCNC(=O)OCc4ccc(O[C@@H]5OC(C(=O)O)[C@@H](O)[C@H](O)C5O)c(NC(=O)CCNC(=O)CCCCCN5C(=O)C=CC5=O)c4)cc3)=CN1C2=O. The normalized spacial score (nSPS) is 21.7. The number of unbranched alkanes of at least 4 members (excludes halogenated alkanes) is 2. The van der Waals surface area contributed by atoms with Crippen LogP contribution < -0.4 is 20.7 Å². The van der Waals surface area contributed by atoms with Crippen LogP contribution in [0.25, 0.3) is 5.57 Å². The molecule has 6 amide bonds. The van der Waals surface area contributed by atoms with Crippen molar-refractivity contribution < 1.29 is 68.2 Å². The fourth-order valence-electron chi connectivity index (χ4n) is 7.94. The first-order valence-electron chi connectivity index (χ1n) is 22.2. The van der Waals surface area contributed by atoms with Crippen molar-refractivity contribution in [1.29, 1.82) is 0 Å². The number of hydrogen-bond acceptors (Lipinski definition) is 14. The number of imide groups is 1. The first-order chi connectivity index (χ1) is 32.6. The summed E-state index contributed by atoms with van der Waals surface area (Å²) in [5.41, 5.74) is 5.54. The number of ether oxygens (including phenoxy) is 3. The number of aliphatic hydroxyl groups excluding tert-OH is 3. The largest absolute Gasteiger partial charge is 0.479 e. The Balaban J connectivity index is 0.892. The smallest absolute Gasteiger partial charge is 0.407 e. The Hall–Kier alpha value is -7.26. The van der Waals surface area contributed by atoms with Gasteiger partial charge in [0.25, 0.3) is 17.7 Å². The standard InChI is InChI=1S/C48H52N6O14/c1-27-6-12-33-34(21-27)51-24-32-23-31(25-54(32)45(33)62)30-10-7-28(8-11-30)16-18-50-48(65)66-26-29-9-13-36(67-47-43(61)41(59)42(60)44(68-47)46(63)64)35(22-29)52-38(56)17-19-49-37(55)5-3-2-4-20-53-39(57)14-15-40(53)58/h6-15,21-22,24-25,32,41-44,47,59-61H,2-5,16-20,23,26H2,1H3,(H,49,55)(H,50,65)(H,52,56)(H,63,64)/t32-,41-,42-,43?,44?,47+/m0/s1. The number of carbonyl (C=O) groups excluding carboxylic acids is 6. The molecule has 7 rings (SSSR count). The zero-order chi connectivity index (χ0) is 48.5. The van der Waals surface area contributed by atoms with Crippen molar-refractivity contribution in [2.75, 3.05) is 25.0 Å². The number of aliphatic imine (C=N–C) groups is 1. The molecule has 2 unspecified atom stereocenters. The number of aliphatic hydroxyl groups is 3. The van der Waals surface area contributed by atoms with E-state index in [1.807, 2.05) is 61.8 Å². The highest BCUT2D eigenvalue weighted by Crippen LogP contribution is 2.35. The van der Waals surface area contributed by atoms with Gasteiger partial charge in [-0.3, -0.25) is 33.9 Å². The van der Waals surface area contributed by atoms with Gasteiger partial charge in [0, 0.05) is 63.5 Å². The quantitative estimate of drug-likeness (QED) is 0.0673. The lowest BCUT2D eigenvalue weighted by Gasteiger charge is -2.38. The van der Waals surface area contributed by atoms with Gasteiger partial charge < -0.3 is 55.5 Å². The number of anilines is 1. The summed E-state index contributed by atoms with van der Waals surface area (Å²) in [5.74, 6) is -3.49. The highest BCUT2D eigenvalue weighted by molar-refractivity contribution is 6.12. The number of rotatable bonds is 19. The molecule has 0 aliphatic carbocycles. The lowest BCUT2D eigenvalue weighted by atomic mass is 9.99. The van der Waals surface area contributed by atoms with Crippen molar-refractivity contribution in [3.05, 3.63) is 107 Å². The molecule has 1 fully saturated rings. The zero-order valence-corrected chi connectivity index (χ0v) is 37.0. The molecule has 0 aromatic heterocycles. The second-order valence-electron chi connectivity index (χ2n) is 16.7. The molecule has 68 heavy (non-hydrogen) atoms. The van der Waals surface area contributed by atoms with Crippen LogP contribution in [0.1, 0.15) is 71.1 Å². The summed E-state index contributed by atoms with van der Waals surface area (Å²) in [6.07, 6.45) is -1.49. The Morgan fingerprint density at radius 3 is 2.32 bits per heavy atom. The van der Waals surface area contributed by atoms with Gasteiger partial charge in [0.2, 0.25) is 18.1 Å². The van der Waals surface area contributed by atoms with Crippen molar-refractivity contribution in [2.45, 2.75) is 95.2 Å². The maximum Gasteiger partial charge on any atom is 0.407 e. The van der Waals surface area contributed by atoms with Gasteiger partial charge in [-0.05, 0) is 78.3 Å². The molecule has 3 aromatic carbocycles. The van der Waals surface area contributed by atoms with E-state index in [1.54, 1.807) is 4.90 Å². The molecule has 0 radical (unpaired) electrons. The van der Waals surface area contributed by atoms with Gasteiger partial charge in [-0.15, -0.1) is 0 Å². The molecule has 6 atom stereocenters. The Morgan fingerprint density at radius 2 is 1.57 bits per heavy atom. The average Bonchev–Trinajstić information content (AvgIpc) is 3.86. The van der Waals surface area contributed by atoms with Crippen molar-refractivity contribution in [3.8, 4) is 5.75 Å². The van der Waals surface area contributed by atoms with E-state index in [2.05, 4.69) is 20.9 Å². The van der Waals surface area contributed by atoms with E-state index >= 15 is 0 Å². The third-order valence-electron chi connectivity index (χ3n) is 11.7. The molecular formula is C48H52N6O14. The minimum atomic E-state index is -1.96. The number of aliphatic carboxylic acids is 1. The first-order valence-corrected chi connectivity index (χ1v) is 22.2. The van der Waals surface area contributed by atoms with Crippen LogP contribution in [-0.2, 0) is 46.5 Å². The minimum absolute atomic E-state index is 0.0142. The number of alkyl carbamates (subject to hydrolysis) is 1. The first kappa shape index (κ1) is 48.7. The van der Waals surface area contributed by atoms with Crippen molar-refractivity contribution in [1.82, 2.24) is 20.4 Å². The van der Waals surface area contributed by atoms with E-state index in [-0.39, 0.29) is 80.2 Å². The van der Waals surface area contributed by atoms with E-state index in [9.17, 15) is 54.0 Å². The number of carboxylic acid groups (broad SMARTS) is 1. The van der Waals surface area contributed by atoms with Gasteiger partial charge in [-0.2, -0.15) is 0 Å². The van der Waals surface area contributed by atoms with Crippen LogP contribution in [0.5, 0.6) is 5.75 Å². The predicted octanol–water partition coefficient (Wildman–Crippen LogP) is 2.64. The fourth-order valence-corrected chi connectivity index (χ4v) is 7.94. The molecule has 3 aromatic rings. The predicted molar refractivity (Wildman–Crippen MR) is 242 cm³/mol. The van der Waals surface area contributed by atoms with Crippen molar-refractivity contribution in [3.63, 3.8) is 0 Å². The van der Waals surface area contributed by atoms with Gasteiger partial charge in [-0.25, -0.2) is 9.59 Å². The number of nitrogens with zero attached hydrogens (tertiary/aromatic N) is 3. The van der Waals surface area contributed by atoms with Crippen LogP contribution in [0, 0.1) is 6.92 Å². The van der Waals surface area contributed by atoms with E-state index in [0.29, 0.717) is 48.9 Å². The highest BCUT2D eigenvalue weighted by atomic mass is 16.7. The van der Waals surface area contributed by atoms with E-state index < -0.39 is 48.7 Å². The molecule has 0 spiro atoms. The second-order valence-corrected chi connectivity index (χ2v) is 16.7. The maximum atomic E-state index is 13.3. The second kappa shape index (κ2) is 22.0. The summed E-state index contributed by atoms with van der Waals surface area (Å²) in [6, 6.07) is 17.5. The van der Waals surface area contributed by atoms with E-state index in [0.717, 1.165) is 27.2 Å². The van der Waals surface area contributed by atoms with Crippen LogP contribution in [0.15, 0.2) is 84.0 Å². The third kappa shape index (κ3) is 12.0. The van der Waals surface area contributed by atoms with Crippen molar-refractivity contribution >= 4 is 64.8 Å². The summed E-state index contributed by atoms with van der Waals surface area (Å²) >= 11 is 0. The van der Waals surface area contributed by atoms with E-state index in [4.69, 9.17) is 14.2 Å². The topological polar surface area (TPSA) is 283 Å². The molecule has 4 aliphatic heterocycles. The number of benzene rings is 3. The molecule has 7 N–H and O–H groups in total. The Kier molecular flexibility index (Phi) is 15.8. The van der Waals surface area contributed by atoms with Gasteiger partial charge in [0.05, 0.1) is 23.0 Å². The molecular weight excluding hydrogens is 885 g/mol. The molecule has 20 nitrogen and oxygen atoms in total. The Morgan fingerprint density at radius 1 is 0.824 bits per heavy atom. The Bertz CT molecular complexity index is 2510. The molecule has 0 saturated carbocycles. The summed E-state index contributed by atoms with van der Waals surface area (Å²) in [7, 11) is 0. The zero-order valence-electron chi connectivity index (χ0n) is 37.0. The molecule has 20 heteroatoms. The van der Waals surface area contributed by atoms with Crippen LogP contribution >= 0.6 is 0 Å². The summed E-state index contributed by atoms with van der Waals surface area (Å²) in [4.78, 5) is 94.1. The van der Waals surface area contributed by atoms with Gasteiger partial charge >= 0.3 is 12.1 Å². The molecule has 0 bridgehead atoms. The number of aryl methyl sites for hydroxylation is 1. The van der Waals surface area contributed by atoms with Crippen LogP contribution in [0.4, 0.5) is 16.2 Å². The van der Waals surface area contributed by atoms with Gasteiger partial charge in [-0.1, -0.05) is 42.8 Å². The average molecular weight is 937 g/mol. The number of fused-ring (bicyclic) bond motifs is 2. The maximum absolute atomic E-state index is 13.3. The number of nitrogens with one attached hydrogen (secondary N) is 3. The molecule has 4 aliphatic rings. The lowest BCUT2D eigenvalue weighted by molar-refractivity contribution is -0.271. The molecule has 358 valence electrons. The van der Waals surface area contributed by atoms with Crippen LogP contribution in [-0.4, -0.2) is 134 Å². The number of amides is 6. The van der Waals surface area contributed by atoms with E-state index in [1.165, 1.54) is 30.4 Å². The van der Waals surface area contributed by atoms with Crippen LogP contribution in [0.2, 0.25) is 0 Å². The minimum Gasteiger partial charge on any atom is -0.479 e. The van der Waals surface area contributed by atoms with Gasteiger partial charge in [0.15, 0.2) is 6.10 Å². The molecule has 4 heterocycles. The number of carboxylic acids is 1. The lowest BCUT2D eigenvalue weighted by Crippen LogP contribution is -2.61. The van der Waals surface area contributed by atoms with Gasteiger partial charge in [0.1, 0.15) is 30.7 Å². The summed E-state index contributed by atoms with van der Waals surface area (Å²) in [5, 5.41) is 48.5. The van der Waals surface area contributed by atoms with Crippen molar-refractivity contribution in [2.24, 2.45) is 4.99 Å². The number of hydrogen-bond donors (Lipinski definition) is 7.